The molecule has 0 amide bonds. The fourth-order valence-electron chi connectivity index (χ4n) is 4.77. The molecule has 196 valence electrons. The van der Waals surface area contributed by atoms with Crippen molar-refractivity contribution in [2.45, 2.75) is 39.5 Å². The molecule has 4 aromatic carbocycles. The molecule has 4 aromatic rings. The quantitative estimate of drug-likeness (QED) is 0.245. The lowest BCUT2D eigenvalue weighted by atomic mass is 10.00. The smallest absolute Gasteiger partial charge is 0.118 e. The van der Waals surface area contributed by atoms with Crippen molar-refractivity contribution in [2.24, 2.45) is 0 Å². The van der Waals surface area contributed by atoms with E-state index >= 15 is 0 Å². The summed E-state index contributed by atoms with van der Waals surface area (Å²) in [6, 6.07) is 30.5. The van der Waals surface area contributed by atoms with Crippen LogP contribution in [0.2, 0.25) is 0 Å². The van der Waals surface area contributed by atoms with Gasteiger partial charge in [0.05, 0.1) is 25.9 Å². The average molecular weight is 543 g/mol. The van der Waals surface area contributed by atoms with Gasteiger partial charge in [-0.15, -0.1) is 0 Å². The van der Waals surface area contributed by atoms with E-state index in [2.05, 4.69) is 84.7 Å². The summed E-state index contributed by atoms with van der Waals surface area (Å²) in [5.41, 5.74) is 5.20. The van der Waals surface area contributed by atoms with Crippen LogP contribution in [0.3, 0.4) is 0 Å². The number of nitrogens with one attached hydrogen (secondary N) is 1. The van der Waals surface area contributed by atoms with Gasteiger partial charge in [-0.2, -0.15) is 0 Å². The number of aryl methyl sites for hydroxylation is 2. The van der Waals surface area contributed by atoms with E-state index in [1.54, 1.807) is 14.2 Å². The molecule has 1 unspecified atom stereocenters. The van der Waals surface area contributed by atoms with Gasteiger partial charge in [0.25, 0.3) is 0 Å². The van der Waals surface area contributed by atoms with Gasteiger partial charge in [-0.05, 0) is 91.7 Å². The lowest BCUT2D eigenvalue weighted by Crippen LogP contribution is -2.46. The zero-order valence-electron chi connectivity index (χ0n) is 22.4. The van der Waals surface area contributed by atoms with Crippen LogP contribution in [0.15, 0.2) is 105 Å². The third kappa shape index (κ3) is 6.15. The Bertz CT molecular complexity index is 1270. The van der Waals surface area contributed by atoms with E-state index in [0.717, 1.165) is 31.1 Å². The molecule has 0 spiro atoms. The minimum Gasteiger partial charge on any atom is -0.497 e. The number of ether oxygens (including phenoxy) is 2. The van der Waals surface area contributed by atoms with Crippen LogP contribution in [0.5, 0.6) is 11.5 Å². The van der Waals surface area contributed by atoms with Crippen LogP contribution in [-0.2, 0) is 0 Å². The first-order valence-corrected chi connectivity index (χ1v) is 14.5. The van der Waals surface area contributed by atoms with Crippen LogP contribution < -0.4 is 19.7 Å². The van der Waals surface area contributed by atoms with E-state index in [-0.39, 0.29) is 6.04 Å². The Labute approximate surface area is 234 Å². The second kappa shape index (κ2) is 12.2. The molecule has 1 fully saturated rings. The molecule has 0 aromatic heterocycles. The molecular formula is C32H34N2O2S2. The van der Waals surface area contributed by atoms with Gasteiger partial charge < -0.3 is 19.7 Å². The minimum absolute atomic E-state index is 0.224. The fraction of sp³-hybridized carbons (Fsp3) is 0.250. The molecule has 0 saturated carbocycles. The first-order valence-electron chi connectivity index (χ1n) is 12.9. The fourth-order valence-corrected chi connectivity index (χ4v) is 6.69. The molecular weight excluding hydrogens is 508 g/mol. The van der Waals surface area contributed by atoms with Crippen molar-refractivity contribution in [2.75, 3.05) is 38.8 Å². The van der Waals surface area contributed by atoms with Gasteiger partial charge in [0.2, 0.25) is 0 Å². The zero-order chi connectivity index (χ0) is 26.5. The summed E-state index contributed by atoms with van der Waals surface area (Å²) in [5, 5.41) is 3.67. The van der Waals surface area contributed by atoms with Crippen LogP contribution in [0.25, 0.3) is 0 Å². The van der Waals surface area contributed by atoms with Crippen molar-refractivity contribution in [1.82, 2.24) is 5.32 Å². The summed E-state index contributed by atoms with van der Waals surface area (Å²) < 4.78 is 10.7. The van der Waals surface area contributed by atoms with Crippen LogP contribution in [0.1, 0.15) is 22.7 Å². The second-order valence-corrected chi connectivity index (χ2v) is 11.7. The largest absolute Gasteiger partial charge is 0.497 e. The Morgan fingerprint density at radius 2 is 1.26 bits per heavy atom. The maximum absolute atomic E-state index is 5.36. The number of methoxy groups -OCH3 is 2. The summed E-state index contributed by atoms with van der Waals surface area (Å²) in [4.78, 5) is 7.56. The monoisotopic (exact) mass is 542 g/mol. The number of hydrogen-bond donors (Lipinski definition) is 1. The molecule has 1 aliphatic heterocycles. The SMILES string of the molecule is COc1ccc(Sc2ccc(C)cc2C2CNCCN2c2cc(C)ccc2Sc2ccc(OC)cc2)cc1. The first-order chi connectivity index (χ1) is 18.5. The molecule has 0 bridgehead atoms. The number of benzene rings is 4. The van der Waals surface area contributed by atoms with Crippen molar-refractivity contribution >= 4 is 29.2 Å². The van der Waals surface area contributed by atoms with Gasteiger partial charge in [-0.3, -0.25) is 0 Å². The van der Waals surface area contributed by atoms with E-state index in [1.807, 2.05) is 47.8 Å². The Balaban J connectivity index is 1.50. The molecule has 0 radical (unpaired) electrons. The van der Waals surface area contributed by atoms with Crippen LogP contribution >= 0.6 is 23.5 Å². The summed E-state index contributed by atoms with van der Waals surface area (Å²) >= 11 is 3.63. The summed E-state index contributed by atoms with van der Waals surface area (Å²) in [6.07, 6.45) is 0. The molecule has 6 heteroatoms. The van der Waals surface area contributed by atoms with Crippen molar-refractivity contribution in [1.29, 1.82) is 0 Å². The van der Waals surface area contributed by atoms with E-state index in [4.69, 9.17) is 9.47 Å². The molecule has 1 atom stereocenters. The third-order valence-corrected chi connectivity index (χ3v) is 8.94. The lowest BCUT2D eigenvalue weighted by molar-refractivity contribution is 0.414. The number of nitrogens with zero attached hydrogens (tertiary/aromatic N) is 1. The number of anilines is 1. The first kappa shape index (κ1) is 26.5. The Kier molecular flexibility index (Phi) is 8.52. The van der Waals surface area contributed by atoms with E-state index in [9.17, 15) is 0 Å². The molecule has 1 N–H and O–H groups in total. The molecule has 1 saturated heterocycles. The van der Waals surface area contributed by atoms with Crippen molar-refractivity contribution < 1.29 is 9.47 Å². The Hall–Kier alpha value is -3.06. The maximum Gasteiger partial charge on any atom is 0.118 e. The summed E-state index contributed by atoms with van der Waals surface area (Å²) in [6.45, 7) is 7.18. The van der Waals surface area contributed by atoms with Crippen molar-refractivity contribution in [3.63, 3.8) is 0 Å². The highest BCUT2D eigenvalue weighted by Gasteiger charge is 2.28. The number of rotatable bonds is 8. The summed E-state index contributed by atoms with van der Waals surface area (Å²) in [5.74, 6) is 1.75. The van der Waals surface area contributed by atoms with Gasteiger partial charge in [0.15, 0.2) is 0 Å². The third-order valence-electron chi connectivity index (χ3n) is 6.77. The highest BCUT2D eigenvalue weighted by Crippen LogP contribution is 2.43. The molecule has 38 heavy (non-hydrogen) atoms. The topological polar surface area (TPSA) is 33.7 Å². The van der Waals surface area contributed by atoms with Crippen LogP contribution in [0, 0.1) is 13.8 Å². The maximum atomic E-state index is 5.36. The molecule has 1 heterocycles. The Morgan fingerprint density at radius 1 is 0.711 bits per heavy atom. The van der Waals surface area contributed by atoms with Gasteiger partial charge in [0.1, 0.15) is 11.5 Å². The number of piperazine rings is 1. The predicted molar refractivity (Wildman–Crippen MR) is 160 cm³/mol. The van der Waals surface area contributed by atoms with Crippen LogP contribution in [-0.4, -0.2) is 33.9 Å². The second-order valence-electron chi connectivity index (χ2n) is 9.48. The Morgan fingerprint density at radius 3 is 1.87 bits per heavy atom. The minimum atomic E-state index is 0.224. The van der Waals surface area contributed by atoms with Gasteiger partial charge in [0, 0.05) is 39.2 Å². The van der Waals surface area contributed by atoms with Crippen LogP contribution in [0.4, 0.5) is 5.69 Å². The highest BCUT2D eigenvalue weighted by molar-refractivity contribution is 7.99. The van der Waals surface area contributed by atoms with Crippen molar-refractivity contribution in [3.05, 3.63) is 102 Å². The van der Waals surface area contributed by atoms with E-state index in [1.165, 1.54) is 42.0 Å². The lowest BCUT2D eigenvalue weighted by Gasteiger charge is -2.40. The predicted octanol–water partition coefficient (Wildman–Crippen LogP) is 7.77. The van der Waals surface area contributed by atoms with E-state index < -0.39 is 0 Å². The highest BCUT2D eigenvalue weighted by atomic mass is 32.2. The normalized spacial score (nSPS) is 15.4. The molecule has 1 aliphatic rings. The van der Waals surface area contributed by atoms with Crippen molar-refractivity contribution in [3.8, 4) is 11.5 Å². The molecule has 5 rings (SSSR count). The molecule has 0 aliphatic carbocycles. The average Bonchev–Trinajstić information content (AvgIpc) is 2.96. The van der Waals surface area contributed by atoms with Gasteiger partial charge in [-0.25, -0.2) is 0 Å². The number of hydrogen-bond acceptors (Lipinski definition) is 6. The molecule has 4 nitrogen and oxygen atoms in total. The van der Waals surface area contributed by atoms with Gasteiger partial charge in [-0.1, -0.05) is 47.3 Å². The summed E-state index contributed by atoms with van der Waals surface area (Å²) in [7, 11) is 3.41. The standard InChI is InChI=1S/C32H34N2O2S2/c1-22-5-15-31(37-26-11-7-24(35-3)8-12-26)28(19-22)30-21-33-17-18-34(30)29-20-23(2)6-16-32(29)38-27-13-9-25(36-4)10-14-27/h5-16,19-20,30,33H,17-18,21H2,1-4H3. The van der Waals surface area contributed by atoms with Gasteiger partial charge >= 0.3 is 0 Å². The van der Waals surface area contributed by atoms with E-state index in [0.29, 0.717) is 0 Å². The zero-order valence-corrected chi connectivity index (χ0v) is 24.0.